The Morgan fingerprint density at radius 3 is 2.33 bits per heavy atom. The van der Waals surface area contributed by atoms with Gasteiger partial charge in [0.2, 0.25) is 0 Å². The molecular weight excluding hydrogens is 300 g/mol. The van der Waals surface area contributed by atoms with Crippen LogP contribution in [-0.4, -0.2) is 62.2 Å². The summed E-state index contributed by atoms with van der Waals surface area (Å²) in [4.78, 5) is 13.4. The molecule has 0 spiro atoms. The highest BCUT2D eigenvalue weighted by atomic mass is 15.2. The number of aliphatic imine (C=N–C) groups is 1. The van der Waals surface area contributed by atoms with Gasteiger partial charge in [-0.25, -0.2) is 4.98 Å². The zero-order valence-corrected chi connectivity index (χ0v) is 16.3. The lowest BCUT2D eigenvalue weighted by atomic mass is 10.2. The van der Waals surface area contributed by atoms with Gasteiger partial charge in [-0.1, -0.05) is 6.07 Å². The number of guanidine groups is 1. The van der Waals surface area contributed by atoms with Gasteiger partial charge in [-0.05, 0) is 39.8 Å². The minimum Gasteiger partial charge on any atom is -0.363 e. The van der Waals surface area contributed by atoms with E-state index in [0.717, 1.165) is 30.6 Å². The van der Waals surface area contributed by atoms with Crippen molar-refractivity contribution in [1.82, 2.24) is 20.5 Å². The molecule has 1 rings (SSSR count). The molecule has 6 nitrogen and oxygen atoms in total. The van der Waals surface area contributed by atoms with Crippen molar-refractivity contribution in [3.8, 4) is 0 Å². The molecular formula is C18H34N6. The quantitative estimate of drug-likeness (QED) is 0.562. The van der Waals surface area contributed by atoms with Crippen molar-refractivity contribution in [3.05, 3.63) is 23.9 Å². The first-order valence-electron chi connectivity index (χ1n) is 8.68. The van der Waals surface area contributed by atoms with Crippen molar-refractivity contribution < 1.29 is 0 Å². The van der Waals surface area contributed by atoms with Crippen LogP contribution in [0.15, 0.2) is 23.2 Å². The summed E-state index contributed by atoms with van der Waals surface area (Å²) in [6.07, 6.45) is 0. The standard InChI is InChI=1S/C18H34N6/c1-14(2)24(15(3)4)12-11-20-18(19-5)21-13-16-9-8-10-17(22-16)23(6)7/h8-10,14-15H,11-13H2,1-7H3,(H2,19,20,21). The normalized spacial score (nSPS) is 12.2. The molecule has 0 aliphatic heterocycles. The van der Waals surface area contributed by atoms with E-state index < -0.39 is 0 Å². The largest absolute Gasteiger partial charge is 0.363 e. The summed E-state index contributed by atoms with van der Waals surface area (Å²) in [5.41, 5.74) is 0.995. The Bertz CT molecular complexity index is 502. The molecule has 24 heavy (non-hydrogen) atoms. The van der Waals surface area contributed by atoms with Crippen molar-refractivity contribution in [2.24, 2.45) is 4.99 Å². The first-order chi connectivity index (χ1) is 11.3. The molecule has 2 N–H and O–H groups in total. The molecule has 0 fully saturated rings. The predicted molar refractivity (Wildman–Crippen MR) is 104 cm³/mol. The second-order valence-electron chi connectivity index (χ2n) is 6.66. The summed E-state index contributed by atoms with van der Waals surface area (Å²) in [6.45, 7) is 11.4. The van der Waals surface area contributed by atoms with Crippen LogP contribution >= 0.6 is 0 Å². The van der Waals surface area contributed by atoms with Crippen LogP contribution in [0.25, 0.3) is 0 Å². The van der Waals surface area contributed by atoms with E-state index in [2.05, 4.69) is 53.2 Å². The SMILES string of the molecule is CN=C(NCCN(C(C)C)C(C)C)NCc1cccc(N(C)C)n1. The van der Waals surface area contributed by atoms with Crippen molar-refractivity contribution in [2.45, 2.75) is 46.3 Å². The van der Waals surface area contributed by atoms with Gasteiger partial charge in [0, 0.05) is 46.3 Å². The van der Waals surface area contributed by atoms with Gasteiger partial charge in [0.1, 0.15) is 5.82 Å². The zero-order chi connectivity index (χ0) is 18.1. The van der Waals surface area contributed by atoms with Gasteiger partial charge in [0.05, 0.1) is 12.2 Å². The Morgan fingerprint density at radius 2 is 1.79 bits per heavy atom. The number of nitrogens with one attached hydrogen (secondary N) is 2. The highest BCUT2D eigenvalue weighted by Gasteiger charge is 2.12. The second kappa shape index (κ2) is 10.1. The summed E-state index contributed by atoms with van der Waals surface area (Å²) >= 11 is 0. The van der Waals surface area contributed by atoms with Crippen LogP contribution in [0.2, 0.25) is 0 Å². The van der Waals surface area contributed by atoms with Crippen LogP contribution in [0.1, 0.15) is 33.4 Å². The van der Waals surface area contributed by atoms with E-state index in [-0.39, 0.29) is 0 Å². The maximum Gasteiger partial charge on any atom is 0.191 e. The predicted octanol–water partition coefficient (Wildman–Crippen LogP) is 1.93. The molecule has 0 bridgehead atoms. The number of anilines is 1. The monoisotopic (exact) mass is 334 g/mol. The van der Waals surface area contributed by atoms with Crippen LogP contribution in [0.4, 0.5) is 5.82 Å². The molecule has 0 unspecified atom stereocenters. The summed E-state index contributed by atoms with van der Waals surface area (Å²) < 4.78 is 0. The molecule has 0 aromatic carbocycles. The van der Waals surface area contributed by atoms with E-state index in [0.29, 0.717) is 18.6 Å². The van der Waals surface area contributed by atoms with Crippen molar-refractivity contribution >= 4 is 11.8 Å². The number of aromatic nitrogens is 1. The fraction of sp³-hybridized carbons (Fsp3) is 0.667. The third kappa shape index (κ3) is 6.74. The highest BCUT2D eigenvalue weighted by molar-refractivity contribution is 5.79. The summed E-state index contributed by atoms with van der Waals surface area (Å²) in [6, 6.07) is 7.13. The lowest BCUT2D eigenvalue weighted by molar-refractivity contribution is 0.178. The second-order valence-corrected chi connectivity index (χ2v) is 6.66. The number of hydrogen-bond acceptors (Lipinski definition) is 4. The summed E-state index contributed by atoms with van der Waals surface area (Å²) in [5.74, 6) is 1.77. The molecule has 0 saturated heterocycles. The molecule has 0 amide bonds. The molecule has 1 aromatic rings. The molecule has 0 atom stereocenters. The van der Waals surface area contributed by atoms with Crippen LogP contribution in [0.3, 0.4) is 0 Å². The van der Waals surface area contributed by atoms with E-state index in [1.165, 1.54) is 0 Å². The maximum absolute atomic E-state index is 4.61. The smallest absolute Gasteiger partial charge is 0.191 e. The molecule has 1 heterocycles. The first kappa shape index (κ1) is 20.2. The summed E-state index contributed by atoms with van der Waals surface area (Å²) in [5, 5.41) is 6.70. The number of hydrogen-bond donors (Lipinski definition) is 2. The van der Waals surface area contributed by atoms with Gasteiger partial charge in [0.25, 0.3) is 0 Å². The Balaban J connectivity index is 2.47. The van der Waals surface area contributed by atoms with Gasteiger partial charge in [-0.3, -0.25) is 9.89 Å². The van der Waals surface area contributed by atoms with Gasteiger partial charge in [-0.15, -0.1) is 0 Å². The Morgan fingerprint density at radius 1 is 1.12 bits per heavy atom. The first-order valence-corrected chi connectivity index (χ1v) is 8.68. The van der Waals surface area contributed by atoms with Crippen LogP contribution in [0, 0.1) is 0 Å². The molecule has 0 saturated carbocycles. The van der Waals surface area contributed by atoms with E-state index >= 15 is 0 Å². The van der Waals surface area contributed by atoms with Crippen molar-refractivity contribution in [1.29, 1.82) is 0 Å². The Kier molecular flexibility index (Phi) is 8.54. The van der Waals surface area contributed by atoms with Gasteiger partial charge in [0.15, 0.2) is 5.96 Å². The van der Waals surface area contributed by atoms with E-state index in [1.54, 1.807) is 7.05 Å². The van der Waals surface area contributed by atoms with E-state index in [1.807, 2.05) is 37.2 Å². The van der Waals surface area contributed by atoms with Gasteiger partial charge in [-0.2, -0.15) is 0 Å². The lowest BCUT2D eigenvalue weighted by Gasteiger charge is -2.30. The lowest BCUT2D eigenvalue weighted by Crippen LogP contribution is -2.45. The van der Waals surface area contributed by atoms with Crippen LogP contribution in [-0.2, 0) is 6.54 Å². The summed E-state index contributed by atoms with van der Waals surface area (Å²) in [7, 11) is 5.78. The molecule has 1 aromatic heterocycles. The fourth-order valence-electron chi connectivity index (χ4n) is 2.63. The van der Waals surface area contributed by atoms with E-state index in [9.17, 15) is 0 Å². The molecule has 136 valence electrons. The van der Waals surface area contributed by atoms with Crippen molar-refractivity contribution in [2.75, 3.05) is 39.1 Å². The highest BCUT2D eigenvalue weighted by Crippen LogP contribution is 2.07. The molecule has 6 heteroatoms. The van der Waals surface area contributed by atoms with Gasteiger partial charge < -0.3 is 15.5 Å². The molecule has 0 aliphatic carbocycles. The number of nitrogens with zero attached hydrogens (tertiary/aromatic N) is 4. The van der Waals surface area contributed by atoms with Crippen LogP contribution < -0.4 is 15.5 Å². The molecule has 0 radical (unpaired) electrons. The van der Waals surface area contributed by atoms with E-state index in [4.69, 9.17) is 0 Å². The average Bonchev–Trinajstić information content (AvgIpc) is 2.53. The minimum atomic E-state index is 0.541. The fourth-order valence-corrected chi connectivity index (χ4v) is 2.63. The molecule has 0 aliphatic rings. The average molecular weight is 335 g/mol. The van der Waals surface area contributed by atoms with Crippen LogP contribution in [0.5, 0.6) is 0 Å². The number of pyridine rings is 1. The zero-order valence-electron chi connectivity index (χ0n) is 16.3. The minimum absolute atomic E-state index is 0.541. The third-order valence-electron chi connectivity index (χ3n) is 3.90. The Labute approximate surface area is 147 Å². The third-order valence-corrected chi connectivity index (χ3v) is 3.90. The Hall–Kier alpha value is -1.82. The number of rotatable bonds is 8. The topological polar surface area (TPSA) is 55.8 Å². The van der Waals surface area contributed by atoms with Gasteiger partial charge >= 0.3 is 0 Å². The van der Waals surface area contributed by atoms with Crippen molar-refractivity contribution in [3.63, 3.8) is 0 Å². The maximum atomic E-state index is 4.61.